The Kier molecular flexibility index (Phi) is 59.7. The topological polar surface area (TPSA) is 149 Å². The molecule has 0 aromatic rings. The molecule has 1 saturated heterocycles. The second-order valence-electron chi connectivity index (χ2n) is 23.6. The average Bonchev–Trinajstić information content (AvgIpc) is 2.36. The first-order chi connectivity index (χ1) is 42.3. The van der Waals surface area contributed by atoms with Gasteiger partial charge in [-0.25, -0.2) is 0 Å². The van der Waals surface area contributed by atoms with E-state index in [4.69, 9.17) is 9.47 Å². The van der Waals surface area contributed by atoms with E-state index in [0.29, 0.717) is 12.8 Å². The molecule has 1 rings (SSSR count). The summed E-state index contributed by atoms with van der Waals surface area (Å²) in [5.41, 5.74) is 0. The molecule has 1 aliphatic heterocycles. The van der Waals surface area contributed by atoms with Gasteiger partial charge in [0, 0.05) is 6.42 Å². The van der Waals surface area contributed by atoms with Crippen LogP contribution in [-0.4, -0.2) is 87.5 Å². The predicted octanol–water partition coefficient (Wildman–Crippen LogP) is 19.4. The minimum atomic E-state index is -1.57. The van der Waals surface area contributed by atoms with Crippen LogP contribution in [-0.2, 0) is 14.3 Å². The fourth-order valence-corrected chi connectivity index (χ4v) is 10.3. The number of allylic oxidation sites excluding steroid dienone is 24. The third-order valence-electron chi connectivity index (χ3n) is 15.7. The Bertz CT molecular complexity index is 1870. The van der Waals surface area contributed by atoms with Gasteiger partial charge >= 0.3 is 0 Å². The molecule has 6 N–H and O–H groups in total. The van der Waals surface area contributed by atoms with Crippen LogP contribution in [0.15, 0.2) is 146 Å². The number of ether oxygens (including phenoxy) is 2. The predicted molar refractivity (Wildman–Crippen MR) is 368 cm³/mol. The van der Waals surface area contributed by atoms with Crippen LogP contribution in [0.2, 0.25) is 0 Å². The summed E-state index contributed by atoms with van der Waals surface area (Å²) < 4.78 is 11.3. The van der Waals surface area contributed by atoms with Gasteiger partial charge in [0.15, 0.2) is 6.29 Å². The number of rotatable bonds is 59. The number of hydrogen-bond donors (Lipinski definition) is 6. The second kappa shape index (κ2) is 64.1. The molecule has 7 unspecified atom stereocenters. The lowest BCUT2D eigenvalue weighted by molar-refractivity contribution is -0.302. The maximum Gasteiger partial charge on any atom is 0.220 e. The lowest BCUT2D eigenvalue weighted by atomic mass is 9.99. The van der Waals surface area contributed by atoms with Crippen molar-refractivity contribution in [1.82, 2.24) is 5.32 Å². The van der Waals surface area contributed by atoms with Gasteiger partial charge in [0.2, 0.25) is 5.91 Å². The van der Waals surface area contributed by atoms with E-state index in [1.54, 1.807) is 0 Å². The Morgan fingerprint density at radius 2 is 0.721 bits per heavy atom. The molecule has 86 heavy (non-hydrogen) atoms. The molecule has 7 atom stereocenters. The van der Waals surface area contributed by atoms with Gasteiger partial charge in [0.1, 0.15) is 24.4 Å². The molecule has 1 amide bonds. The molecule has 9 nitrogen and oxygen atoms in total. The number of aliphatic hydroxyl groups excluding tert-OH is 5. The fourth-order valence-electron chi connectivity index (χ4n) is 10.3. The van der Waals surface area contributed by atoms with Crippen LogP contribution in [0, 0.1) is 0 Å². The van der Waals surface area contributed by atoms with Gasteiger partial charge in [-0.1, -0.05) is 314 Å². The SMILES string of the molecule is CC/C=C\C/C=C\C/C=C\C/C=C\C/C=C\C/C=C\C/C=C\C/C=C\C/C=C\C/C=C\C/C=C\C/C=C\CCCCCCC(=O)NC(COC1OC(CO)C(O)C(O)C1O)C(O)CCCCCCCCCCCCCCCCCCCCCCCC. The molecule has 9 heteroatoms. The number of aliphatic hydroxyl groups is 5. The van der Waals surface area contributed by atoms with E-state index in [1.165, 1.54) is 122 Å². The van der Waals surface area contributed by atoms with E-state index in [9.17, 15) is 30.3 Å². The molecule has 0 bridgehead atoms. The van der Waals surface area contributed by atoms with Crippen molar-refractivity contribution in [2.75, 3.05) is 13.2 Å². The zero-order valence-corrected chi connectivity index (χ0v) is 54.8. The fraction of sp³-hybridized carbons (Fsp3) is 0.675. The van der Waals surface area contributed by atoms with Crippen LogP contribution in [0.25, 0.3) is 0 Å². The maximum atomic E-state index is 13.1. The van der Waals surface area contributed by atoms with Crippen LogP contribution < -0.4 is 5.32 Å². The molecule has 0 saturated carbocycles. The van der Waals surface area contributed by atoms with Crippen LogP contribution in [0.1, 0.15) is 277 Å². The molecule has 1 heterocycles. The summed E-state index contributed by atoms with van der Waals surface area (Å²) in [4.78, 5) is 13.1. The Morgan fingerprint density at radius 1 is 0.407 bits per heavy atom. The van der Waals surface area contributed by atoms with Crippen molar-refractivity contribution in [3.8, 4) is 0 Å². The van der Waals surface area contributed by atoms with Crippen molar-refractivity contribution < 1.29 is 39.8 Å². The Labute approximate surface area is 527 Å². The highest BCUT2D eigenvalue weighted by Gasteiger charge is 2.44. The van der Waals surface area contributed by atoms with Gasteiger partial charge in [-0.2, -0.15) is 0 Å². The Hall–Kier alpha value is -3.93. The summed E-state index contributed by atoms with van der Waals surface area (Å²) in [6.45, 7) is 3.72. The standard InChI is InChI=1S/C77H129NO8/c1-3-5-7-9-11-13-15-17-19-21-23-25-27-28-29-30-31-32-33-34-35-36-37-38-39-40-41-42-43-44-45-47-49-51-53-55-57-59-61-63-65-67-73(81)78-70(69-85-77-76(84)75(83)74(82)72(68-79)86-77)71(80)66-64-62-60-58-56-54-52-50-48-46-26-24-22-20-18-16-14-12-10-8-6-4-2/h5,7,11,13,17,19,23,25,28-29,31-32,34-35,37-38,40-41,43-44,47,49,53,55,70-72,74-77,79-80,82-84H,3-4,6,8-10,12,14-16,18,20-22,24,26-27,30,33,36,39,42,45-46,48,50-52,54,56-69H2,1-2H3,(H,78,81)/b7-5-,13-11-,19-17-,25-23-,29-28-,32-31-,35-34-,38-37-,41-40-,44-43-,49-47-,55-53-. The van der Waals surface area contributed by atoms with E-state index in [-0.39, 0.29) is 12.5 Å². The van der Waals surface area contributed by atoms with Crippen LogP contribution >= 0.6 is 0 Å². The minimum Gasteiger partial charge on any atom is -0.394 e. The highest BCUT2D eigenvalue weighted by molar-refractivity contribution is 5.76. The smallest absolute Gasteiger partial charge is 0.220 e. The van der Waals surface area contributed by atoms with Crippen LogP contribution in [0.5, 0.6) is 0 Å². The molecule has 0 aliphatic carbocycles. The van der Waals surface area contributed by atoms with Crippen molar-refractivity contribution in [2.45, 2.75) is 320 Å². The first-order valence-electron chi connectivity index (χ1n) is 35.0. The zero-order chi connectivity index (χ0) is 62.1. The van der Waals surface area contributed by atoms with Gasteiger partial charge in [0.25, 0.3) is 0 Å². The van der Waals surface area contributed by atoms with Crippen molar-refractivity contribution in [1.29, 1.82) is 0 Å². The van der Waals surface area contributed by atoms with E-state index >= 15 is 0 Å². The van der Waals surface area contributed by atoms with Crippen LogP contribution in [0.3, 0.4) is 0 Å². The third-order valence-corrected chi connectivity index (χ3v) is 15.7. The minimum absolute atomic E-state index is 0.156. The molecule has 0 radical (unpaired) electrons. The van der Waals surface area contributed by atoms with Gasteiger partial charge < -0.3 is 40.3 Å². The number of carbonyl (C=O) groups excluding carboxylic acids is 1. The molecule has 1 aliphatic rings. The van der Waals surface area contributed by atoms with Crippen molar-refractivity contribution in [3.63, 3.8) is 0 Å². The summed E-state index contributed by atoms with van der Waals surface area (Å²) in [7, 11) is 0. The second-order valence-corrected chi connectivity index (χ2v) is 23.6. The Morgan fingerprint density at radius 3 is 1.07 bits per heavy atom. The lowest BCUT2D eigenvalue weighted by Crippen LogP contribution is -2.60. The molecular formula is C77H129NO8. The summed E-state index contributed by atoms with van der Waals surface area (Å²) in [5, 5.41) is 54.9. The highest BCUT2D eigenvalue weighted by Crippen LogP contribution is 2.23. The number of nitrogens with one attached hydrogen (secondary N) is 1. The summed E-state index contributed by atoms with van der Waals surface area (Å²) in [6.07, 6.45) is 91.8. The molecule has 0 spiro atoms. The average molecular weight is 1200 g/mol. The van der Waals surface area contributed by atoms with E-state index < -0.39 is 49.5 Å². The van der Waals surface area contributed by atoms with Crippen molar-refractivity contribution in [3.05, 3.63) is 146 Å². The number of unbranched alkanes of at least 4 members (excludes halogenated alkanes) is 25. The van der Waals surface area contributed by atoms with E-state index in [0.717, 1.165) is 128 Å². The number of hydrogen-bond acceptors (Lipinski definition) is 8. The number of amides is 1. The largest absolute Gasteiger partial charge is 0.394 e. The first-order valence-corrected chi connectivity index (χ1v) is 35.0. The normalized spacial score (nSPS) is 19.0. The van der Waals surface area contributed by atoms with Gasteiger partial charge in [-0.05, 0) is 103 Å². The molecule has 0 aromatic heterocycles. The van der Waals surface area contributed by atoms with E-state index in [2.05, 4.69) is 165 Å². The molecule has 490 valence electrons. The third kappa shape index (κ3) is 52.1. The molecular weight excluding hydrogens is 1070 g/mol. The molecule has 0 aromatic carbocycles. The summed E-state index contributed by atoms with van der Waals surface area (Å²) in [5.74, 6) is -0.172. The molecule has 1 fully saturated rings. The van der Waals surface area contributed by atoms with Gasteiger partial charge in [-0.3, -0.25) is 4.79 Å². The first kappa shape index (κ1) is 80.1. The zero-order valence-electron chi connectivity index (χ0n) is 54.8. The quantitative estimate of drug-likeness (QED) is 0.0261. The van der Waals surface area contributed by atoms with Crippen molar-refractivity contribution >= 4 is 5.91 Å². The maximum absolute atomic E-state index is 13.1. The monoisotopic (exact) mass is 1200 g/mol. The number of carbonyl (C=O) groups is 1. The van der Waals surface area contributed by atoms with Crippen LogP contribution in [0.4, 0.5) is 0 Å². The van der Waals surface area contributed by atoms with Crippen molar-refractivity contribution in [2.24, 2.45) is 0 Å². The summed E-state index contributed by atoms with van der Waals surface area (Å²) in [6, 6.07) is -0.745. The summed E-state index contributed by atoms with van der Waals surface area (Å²) >= 11 is 0. The Balaban J connectivity index is 2.18. The van der Waals surface area contributed by atoms with Gasteiger partial charge in [-0.15, -0.1) is 0 Å². The highest BCUT2D eigenvalue weighted by atomic mass is 16.7. The van der Waals surface area contributed by atoms with E-state index in [1.807, 2.05) is 0 Å². The lowest BCUT2D eigenvalue weighted by Gasteiger charge is -2.40. The van der Waals surface area contributed by atoms with Gasteiger partial charge in [0.05, 0.1) is 25.4 Å².